The maximum atomic E-state index is 12.7. The molecule has 5 heteroatoms. The molecule has 0 saturated carbocycles. The van der Waals surface area contributed by atoms with E-state index in [1.807, 2.05) is 35.4 Å². The van der Waals surface area contributed by atoms with Crippen LogP contribution in [0.25, 0.3) is 10.9 Å². The van der Waals surface area contributed by atoms with Gasteiger partial charge in [-0.25, -0.2) is 0 Å². The summed E-state index contributed by atoms with van der Waals surface area (Å²) in [6.07, 6.45) is 4.65. The molecule has 2 aliphatic rings. The van der Waals surface area contributed by atoms with E-state index in [1.165, 1.54) is 0 Å². The number of piperidine rings is 1. The molecular weight excluding hydrogens is 292 g/mol. The molecule has 0 aliphatic carbocycles. The van der Waals surface area contributed by atoms with Gasteiger partial charge in [-0.3, -0.25) is 4.79 Å². The average Bonchev–Trinajstić information content (AvgIpc) is 3.02. The molecule has 3 heterocycles. The third kappa shape index (κ3) is 2.75. The molecule has 5 nitrogen and oxygen atoms in total. The Labute approximate surface area is 135 Å². The number of hydrogen-bond donors (Lipinski definition) is 2. The first kappa shape index (κ1) is 14.7. The number of aromatic nitrogens is 1. The van der Waals surface area contributed by atoms with Crippen molar-refractivity contribution in [2.45, 2.75) is 37.4 Å². The number of carbonyl (C=O) groups excluding carboxylic acids is 1. The van der Waals surface area contributed by atoms with Gasteiger partial charge >= 0.3 is 0 Å². The lowest BCUT2D eigenvalue weighted by molar-refractivity contribution is -0.139. The smallest absolute Gasteiger partial charge is 0.253 e. The third-order valence-electron chi connectivity index (χ3n) is 5.23. The predicted octanol–water partition coefficient (Wildman–Crippen LogP) is 2.31. The Morgan fingerprint density at radius 3 is 2.91 bits per heavy atom. The van der Waals surface area contributed by atoms with Crippen molar-refractivity contribution >= 4 is 16.8 Å². The maximum Gasteiger partial charge on any atom is 0.253 e. The molecule has 1 aromatic heterocycles. The van der Waals surface area contributed by atoms with Gasteiger partial charge in [0, 0.05) is 43.4 Å². The van der Waals surface area contributed by atoms with Crippen LogP contribution in [0.15, 0.2) is 30.5 Å². The minimum absolute atomic E-state index is 0.0766. The number of likely N-dealkylation sites (tertiary alicyclic amines) is 1. The topological polar surface area (TPSA) is 65.6 Å². The molecule has 2 aliphatic heterocycles. The molecule has 1 atom stereocenters. The van der Waals surface area contributed by atoms with Gasteiger partial charge in [-0.05, 0) is 42.8 Å². The van der Waals surface area contributed by atoms with Gasteiger partial charge in [0.1, 0.15) is 0 Å². The summed E-state index contributed by atoms with van der Waals surface area (Å²) in [7, 11) is 0. The van der Waals surface area contributed by atoms with E-state index in [9.17, 15) is 9.90 Å². The molecule has 2 N–H and O–H groups in total. The summed E-state index contributed by atoms with van der Waals surface area (Å²) in [5.74, 6) is 0.0766. The normalized spacial score (nSPS) is 24.2. The number of ether oxygens (including phenoxy) is 1. The summed E-state index contributed by atoms with van der Waals surface area (Å²) in [5, 5.41) is 11.0. The van der Waals surface area contributed by atoms with Gasteiger partial charge in [0.2, 0.25) is 0 Å². The first-order valence-electron chi connectivity index (χ1n) is 8.34. The average molecular weight is 314 g/mol. The zero-order chi connectivity index (χ0) is 15.9. The van der Waals surface area contributed by atoms with E-state index in [1.54, 1.807) is 0 Å². The highest BCUT2D eigenvalue weighted by Gasteiger charge is 2.40. The van der Waals surface area contributed by atoms with E-state index in [2.05, 4.69) is 4.98 Å². The number of H-pyrrole nitrogens is 1. The molecule has 4 rings (SSSR count). The first-order chi connectivity index (χ1) is 11.2. The minimum Gasteiger partial charge on any atom is -0.393 e. The summed E-state index contributed by atoms with van der Waals surface area (Å²) >= 11 is 0. The molecular formula is C18H22N2O3. The zero-order valence-corrected chi connectivity index (χ0v) is 13.1. The monoisotopic (exact) mass is 314 g/mol. The van der Waals surface area contributed by atoms with Crippen molar-refractivity contribution in [1.29, 1.82) is 0 Å². The summed E-state index contributed by atoms with van der Waals surface area (Å²) in [6, 6.07) is 7.79. The second-order valence-corrected chi connectivity index (χ2v) is 6.75. The Kier molecular flexibility index (Phi) is 3.62. The molecule has 122 valence electrons. The molecule has 1 amide bonds. The predicted molar refractivity (Wildman–Crippen MR) is 87.4 cm³/mol. The second-order valence-electron chi connectivity index (χ2n) is 6.75. The van der Waals surface area contributed by atoms with Crippen LogP contribution < -0.4 is 0 Å². The van der Waals surface area contributed by atoms with Crippen LogP contribution in [0, 0.1) is 0 Å². The number of hydrogen-bond acceptors (Lipinski definition) is 3. The zero-order valence-electron chi connectivity index (χ0n) is 13.1. The number of fused-ring (bicyclic) bond motifs is 1. The van der Waals surface area contributed by atoms with Crippen LogP contribution >= 0.6 is 0 Å². The minimum atomic E-state index is -0.263. The van der Waals surface area contributed by atoms with Crippen molar-refractivity contribution < 1.29 is 14.6 Å². The molecule has 2 aromatic rings. The summed E-state index contributed by atoms with van der Waals surface area (Å²) in [5.41, 5.74) is 1.49. The van der Waals surface area contributed by atoms with Crippen molar-refractivity contribution in [2.24, 2.45) is 0 Å². The highest BCUT2D eigenvalue weighted by molar-refractivity contribution is 5.98. The van der Waals surface area contributed by atoms with Crippen LogP contribution in [0.2, 0.25) is 0 Å². The lowest BCUT2D eigenvalue weighted by Gasteiger charge is -2.45. The van der Waals surface area contributed by atoms with Crippen molar-refractivity contribution in [2.75, 3.05) is 19.7 Å². The fourth-order valence-corrected chi connectivity index (χ4v) is 3.83. The number of rotatable bonds is 1. The van der Waals surface area contributed by atoms with Crippen molar-refractivity contribution in [3.8, 4) is 0 Å². The van der Waals surface area contributed by atoms with Gasteiger partial charge in [-0.15, -0.1) is 0 Å². The Hall–Kier alpha value is -1.85. The SMILES string of the molecule is O=C(c1ccc2cc[nH]c2c1)N1CCC2(CC1)CC(O)CCO2. The summed E-state index contributed by atoms with van der Waals surface area (Å²) in [6.45, 7) is 2.00. The van der Waals surface area contributed by atoms with Crippen LogP contribution in [-0.2, 0) is 4.74 Å². The van der Waals surface area contributed by atoms with Gasteiger partial charge in [-0.2, -0.15) is 0 Å². The van der Waals surface area contributed by atoms with Gasteiger partial charge in [0.15, 0.2) is 0 Å². The molecule has 2 saturated heterocycles. The van der Waals surface area contributed by atoms with Crippen molar-refractivity contribution in [3.63, 3.8) is 0 Å². The number of aliphatic hydroxyl groups excluding tert-OH is 1. The molecule has 1 aromatic carbocycles. The van der Waals surface area contributed by atoms with Crippen molar-refractivity contribution in [1.82, 2.24) is 9.88 Å². The molecule has 0 bridgehead atoms. The highest BCUT2D eigenvalue weighted by atomic mass is 16.5. The van der Waals surface area contributed by atoms with E-state index in [-0.39, 0.29) is 17.6 Å². The number of carbonyl (C=O) groups is 1. The van der Waals surface area contributed by atoms with Crippen LogP contribution in [0.4, 0.5) is 0 Å². The number of nitrogens with one attached hydrogen (secondary N) is 1. The van der Waals surface area contributed by atoms with E-state index in [4.69, 9.17) is 4.74 Å². The number of benzene rings is 1. The second kappa shape index (κ2) is 5.65. The standard InChI is InChI=1S/C18H22N2O3/c21-15-4-10-23-18(12-15)5-8-20(9-6-18)17(22)14-2-1-13-3-7-19-16(13)11-14/h1-3,7,11,15,19,21H,4-6,8-10,12H2. The molecule has 1 unspecified atom stereocenters. The Balaban J connectivity index is 1.46. The summed E-state index contributed by atoms with van der Waals surface area (Å²) < 4.78 is 5.95. The number of amides is 1. The summed E-state index contributed by atoms with van der Waals surface area (Å²) in [4.78, 5) is 17.8. The Morgan fingerprint density at radius 1 is 1.30 bits per heavy atom. The van der Waals surface area contributed by atoms with Crippen LogP contribution in [0.1, 0.15) is 36.0 Å². The van der Waals surface area contributed by atoms with Crippen LogP contribution in [-0.4, -0.2) is 52.3 Å². The van der Waals surface area contributed by atoms with E-state index in [0.717, 1.165) is 35.7 Å². The lowest BCUT2D eigenvalue weighted by Crippen LogP contribution is -2.51. The van der Waals surface area contributed by atoms with E-state index >= 15 is 0 Å². The fourth-order valence-electron chi connectivity index (χ4n) is 3.83. The highest BCUT2D eigenvalue weighted by Crippen LogP contribution is 2.35. The first-order valence-corrected chi connectivity index (χ1v) is 8.34. The molecule has 1 spiro atoms. The Bertz CT molecular complexity index is 716. The quantitative estimate of drug-likeness (QED) is 0.849. The molecule has 2 fully saturated rings. The van der Waals surface area contributed by atoms with E-state index in [0.29, 0.717) is 26.1 Å². The van der Waals surface area contributed by atoms with Crippen molar-refractivity contribution in [3.05, 3.63) is 36.0 Å². The van der Waals surface area contributed by atoms with Gasteiger partial charge in [0.25, 0.3) is 5.91 Å². The molecule has 23 heavy (non-hydrogen) atoms. The lowest BCUT2D eigenvalue weighted by atomic mass is 9.83. The number of nitrogens with zero attached hydrogens (tertiary/aromatic N) is 1. The van der Waals surface area contributed by atoms with Gasteiger partial charge in [0.05, 0.1) is 11.7 Å². The number of aromatic amines is 1. The van der Waals surface area contributed by atoms with Crippen LogP contribution in [0.5, 0.6) is 0 Å². The van der Waals surface area contributed by atoms with E-state index < -0.39 is 0 Å². The molecule has 0 radical (unpaired) electrons. The van der Waals surface area contributed by atoms with Crippen LogP contribution in [0.3, 0.4) is 0 Å². The fraction of sp³-hybridized carbons (Fsp3) is 0.500. The third-order valence-corrected chi connectivity index (χ3v) is 5.23. The van der Waals surface area contributed by atoms with Gasteiger partial charge < -0.3 is 19.7 Å². The van der Waals surface area contributed by atoms with Gasteiger partial charge in [-0.1, -0.05) is 6.07 Å². The largest absolute Gasteiger partial charge is 0.393 e. The maximum absolute atomic E-state index is 12.7. The number of aliphatic hydroxyl groups is 1. The Morgan fingerprint density at radius 2 is 2.13 bits per heavy atom.